The predicted octanol–water partition coefficient (Wildman–Crippen LogP) is -5.38. The smallest absolute Gasteiger partial charge is 0.748 e. The zero-order valence-electron chi connectivity index (χ0n) is 11.5. The maximum Gasteiger partial charge on any atom is 1.00 e. The first-order valence-electron chi connectivity index (χ1n) is 4.39. The molecule has 0 bridgehead atoms. The van der Waals surface area contributed by atoms with Gasteiger partial charge in [0, 0.05) is 11.5 Å². The fraction of sp³-hybridized carbons (Fsp3) is 1.00. The zero-order chi connectivity index (χ0) is 17.0. The quantitative estimate of drug-likeness (QED) is 0.208. The summed E-state index contributed by atoms with van der Waals surface area (Å²) in [7, 11) is -15.9. The zero-order valence-corrected chi connectivity index (χ0v) is 13.1. The van der Waals surface area contributed by atoms with Crippen molar-refractivity contribution in [1.82, 2.24) is 0 Å². The molecule has 0 atom stereocenters. The monoisotopic (exact) mass is 366 g/mol. The minimum atomic E-state index is -4.29. The molecule has 0 aliphatic carbocycles. The molecule has 0 saturated heterocycles. The molecule has 0 heterocycles. The van der Waals surface area contributed by atoms with E-state index in [4.69, 9.17) is 0 Å². The standard InChI is InChI=1S/C4H10O6S2.2BF3.2Li/c5-11(6,7)3-1-2-4-12(8,9)10;2*2-1(3)4;;/h1-4H2,(H,5,6,7)(H,8,9,10);;;;/q;;;2*+1/p-2. The maximum atomic E-state index is 9.97. The molecular formula is C4H8B2F6Li2O6S2. The Morgan fingerprint density at radius 1 is 0.636 bits per heavy atom. The number of hydrogen-bond acceptors (Lipinski definition) is 6. The van der Waals surface area contributed by atoms with Gasteiger partial charge in [-0.25, -0.2) is 16.8 Å². The van der Waals surface area contributed by atoms with Gasteiger partial charge in [-0.1, -0.05) is 0 Å². The van der Waals surface area contributed by atoms with Gasteiger partial charge in [0.05, 0.1) is 20.2 Å². The molecule has 0 radical (unpaired) electrons. The first kappa shape index (κ1) is 34.1. The molecule has 0 aromatic heterocycles. The average molecular weight is 366 g/mol. The Morgan fingerprint density at radius 3 is 0.864 bits per heavy atom. The summed E-state index contributed by atoms with van der Waals surface area (Å²) in [6.07, 6.45) is -0.180. The number of rotatable bonds is 5. The van der Waals surface area contributed by atoms with Crippen LogP contribution in [-0.4, -0.2) is 52.5 Å². The topological polar surface area (TPSA) is 114 Å². The first-order valence-corrected chi connectivity index (χ1v) is 7.54. The summed E-state index contributed by atoms with van der Waals surface area (Å²) < 4.78 is 118. The van der Waals surface area contributed by atoms with E-state index >= 15 is 0 Å². The minimum absolute atomic E-state index is 0. The van der Waals surface area contributed by atoms with Crippen LogP contribution >= 0.6 is 0 Å². The summed E-state index contributed by atoms with van der Waals surface area (Å²) in [6, 6.07) is 0. The van der Waals surface area contributed by atoms with E-state index in [0.717, 1.165) is 0 Å². The summed E-state index contributed by atoms with van der Waals surface area (Å²) in [5.74, 6) is -1.24. The van der Waals surface area contributed by atoms with E-state index in [1.165, 1.54) is 0 Å². The van der Waals surface area contributed by atoms with Gasteiger partial charge in [-0.2, -0.15) is 0 Å². The predicted molar refractivity (Wildman–Crippen MR) is 56.5 cm³/mol. The van der Waals surface area contributed by atoms with Gasteiger partial charge in [-0.15, -0.1) is 0 Å². The molecule has 0 aromatic rings. The molecular weight excluding hydrogens is 358 g/mol. The third-order valence-corrected chi connectivity index (χ3v) is 2.62. The molecule has 22 heavy (non-hydrogen) atoms. The van der Waals surface area contributed by atoms with Crippen LogP contribution in [0, 0.1) is 0 Å². The molecule has 18 heteroatoms. The van der Waals surface area contributed by atoms with Crippen LogP contribution in [0.4, 0.5) is 25.9 Å². The van der Waals surface area contributed by atoms with Gasteiger partial charge >= 0.3 is 52.8 Å². The Balaban J connectivity index is -0.0000000812. The van der Waals surface area contributed by atoms with Crippen LogP contribution in [0.5, 0.6) is 0 Å². The van der Waals surface area contributed by atoms with Crippen molar-refractivity contribution in [1.29, 1.82) is 0 Å². The third kappa shape index (κ3) is 85.3. The molecule has 0 amide bonds. The Labute approximate surface area is 149 Å². The summed E-state index contributed by atoms with van der Waals surface area (Å²) in [5.41, 5.74) is 0. The molecule has 0 aliphatic rings. The van der Waals surface area contributed by atoms with Crippen LogP contribution in [0.3, 0.4) is 0 Å². The van der Waals surface area contributed by atoms with Crippen LogP contribution in [-0.2, 0) is 20.2 Å². The van der Waals surface area contributed by atoms with Gasteiger partial charge in [-0.3, -0.25) is 25.9 Å². The summed E-state index contributed by atoms with van der Waals surface area (Å²) >= 11 is 0. The molecule has 0 saturated carbocycles. The van der Waals surface area contributed by atoms with E-state index in [1.807, 2.05) is 0 Å². The van der Waals surface area contributed by atoms with Crippen molar-refractivity contribution in [2.75, 3.05) is 11.5 Å². The normalized spacial score (nSPS) is 9.64. The maximum absolute atomic E-state index is 9.97. The molecule has 122 valence electrons. The molecule has 0 unspecified atom stereocenters. The van der Waals surface area contributed by atoms with Crippen molar-refractivity contribution in [3.05, 3.63) is 0 Å². The number of unbranched alkanes of at least 4 members (excludes halogenated alkanes) is 1. The Hall–Kier alpha value is 0.725. The Bertz CT molecular complexity index is 377. The largest absolute Gasteiger partial charge is 1.00 e. The summed E-state index contributed by atoms with van der Waals surface area (Å²) in [6.45, 7) is 0. The molecule has 0 aromatic carbocycles. The van der Waals surface area contributed by atoms with Gasteiger partial charge < -0.3 is 9.11 Å². The van der Waals surface area contributed by atoms with Crippen molar-refractivity contribution < 1.29 is 89.6 Å². The molecule has 0 aliphatic heterocycles. The van der Waals surface area contributed by atoms with Gasteiger partial charge in [0.15, 0.2) is 0 Å². The van der Waals surface area contributed by atoms with Gasteiger partial charge in [0.1, 0.15) is 0 Å². The van der Waals surface area contributed by atoms with E-state index in [2.05, 4.69) is 0 Å². The minimum Gasteiger partial charge on any atom is -0.748 e. The fourth-order valence-corrected chi connectivity index (χ4v) is 1.67. The van der Waals surface area contributed by atoms with E-state index < -0.39 is 46.8 Å². The van der Waals surface area contributed by atoms with Gasteiger partial charge in [0.2, 0.25) is 0 Å². The second-order valence-electron chi connectivity index (χ2n) is 2.73. The van der Waals surface area contributed by atoms with E-state index in [0.29, 0.717) is 0 Å². The van der Waals surface area contributed by atoms with Crippen LogP contribution in [0.15, 0.2) is 0 Å². The van der Waals surface area contributed by atoms with Crippen LogP contribution in [0.25, 0.3) is 0 Å². The van der Waals surface area contributed by atoms with Crippen molar-refractivity contribution in [3.63, 3.8) is 0 Å². The number of hydrogen-bond donors (Lipinski definition) is 0. The molecule has 0 N–H and O–H groups in total. The van der Waals surface area contributed by atoms with E-state index in [9.17, 15) is 51.8 Å². The van der Waals surface area contributed by atoms with Crippen molar-refractivity contribution >= 4 is 35.3 Å². The van der Waals surface area contributed by atoms with Crippen molar-refractivity contribution in [2.45, 2.75) is 12.8 Å². The van der Waals surface area contributed by atoms with Crippen molar-refractivity contribution in [2.24, 2.45) is 0 Å². The average Bonchev–Trinajstić information content (AvgIpc) is 2.07. The second kappa shape index (κ2) is 18.1. The number of halogens is 6. The van der Waals surface area contributed by atoms with Crippen molar-refractivity contribution in [3.8, 4) is 0 Å². The molecule has 6 nitrogen and oxygen atoms in total. The van der Waals surface area contributed by atoms with Crippen LogP contribution in [0.1, 0.15) is 12.8 Å². The Morgan fingerprint density at radius 2 is 0.773 bits per heavy atom. The summed E-state index contributed by atoms with van der Waals surface area (Å²) in [4.78, 5) is 0. The molecule has 0 rings (SSSR count). The molecule has 0 spiro atoms. The van der Waals surface area contributed by atoms with Crippen LogP contribution < -0.4 is 37.7 Å². The first-order chi connectivity index (χ1) is 8.67. The van der Waals surface area contributed by atoms with Crippen LogP contribution in [0.2, 0.25) is 0 Å². The summed E-state index contributed by atoms with van der Waals surface area (Å²) in [5, 5.41) is 0. The van der Waals surface area contributed by atoms with Gasteiger partial charge in [-0.05, 0) is 12.8 Å². The SMILES string of the molecule is FB(F)F.FB(F)F.O=S(=O)([O-])CCCCS(=O)(=O)[O-].[Li+].[Li+]. The van der Waals surface area contributed by atoms with E-state index in [-0.39, 0.29) is 50.6 Å². The third-order valence-electron chi connectivity index (χ3n) is 1.04. The van der Waals surface area contributed by atoms with E-state index in [1.54, 1.807) is 0 Å². The second-order valence-corrected chi connectivity index (χ2v) is 5.77. The van der Waals surface area contributed by atoms with Gasteiger partial charge in [0.25, 0.3) is 0 Å². The molecule has 0 fully saturated rings. The Kier molecular flexibility index (Phi) is 28.0. The fourth-order valence-electron chi connectivity index (χ4n) is 0.558.